The molecule has 2 atom stereocenters. The molecule has 1 saturated carbocycles. The molecule has 6 nitrogen and oxygen atoms in total. The Bertz CT molecular complexity index is 825. The molecule has 0 bridgehead atoms. The Hall–Kier alpha value is -1.89. The average Bonchev–Trinajstić information content (AvgIpc) is 3.38. The number of carboxylic acid groups (broad SMARTS) is 1. The molecule has 1 fully saturated rings. The van der Waals surface area contributed by atoms with Gasteiger partial charge in [-0.05, 0) is 54.9 Å². The number of amides is 2. The molecular weight excluding hydrogens is 400 g/mol. The van der Waals surface area contributed by atoms with Gasteiger partial charge in [0.15, 0.2) is 0 Å². The summed E-state index contributed by atoms with van der Waals surface area (Å²) in [6.45, 7) is 8.60. The first-order valence-corrected chi connectivity index (χ1v) is 11.9. The predicted molar refractivity (Wildman–Crippen MR) is 119 cm³/mol. The van der Waals surface area contributed by atoms with Crippen LogP contribution in [0.5, 0.6) is 0 Å². The van der Waals surface area contributed by atoms with Crippen LogP contribution in [0.1, 0.15) is 87.0 Å². The predicted octanol–water partition coefficient (Wildman–Crippen LogP) is 4.62. The molecule has 0 unspecified atom stereocenters. The summed E-state index contributed by atoms with van der Waals surface area (Å²) in [5.74, 6) is -0.913. The number of rotatable bonds is 9. The smallest absolute Gasteiger partial charge is 0.303 e. The van der Waals surface area contributed by atoms with E-state index in [1.807, 2.05) is 0 Å². The number of aliphatic carboxylic acids is 1. The molecule has 0 radical (unpaired) electrons. The van der Waals surface area contributed by atoms with Crippen LogP contribution >= 0.6 is 11.3 Å². The lowest BCUT2D eigenvalue weighted by Crippen LogP contribution is -2.30. The normalized spacial score (nSPS) is 19.7. The van der Waals surface area contributed by atoms with Crippen molar-refractivity contribution in [2.75, 3.05) is 5.32 Å². The number of hydrogen-bond donors (Lipinski definition) is 3. The molecule has 1 aromatic rings. The third-order valence-electron chi connectivity index (χ3n) is 6.73. The maximum absolute atomic E-state index is 13.0. The minimum absolute atomic E-state index is 0.0445. The van der Waals surface area contributed by atoms with Crippen molar-refractivity contribution in [3.05, 3.63) is 16.0 Å². The highest BCUT2D eigenvalue weighted by molar-refractivity contribution is 7.17. The number of fused-ring (bicyclic) bond motifs is 1. The third-order valence-corrected chi connectivity index (χ3v) is 7.90. The molecule has 1 heterocycles. The van der Waals surface area contributed by atoms with E-state index >= 15 is 0 Å². The Labute approximate surface area is 182 Å². The van der Waals surface area contributed by atoms with Crippen molar-refractivity contribution < 1.29 is 19.5 Å². The Balaban J connectivity index is 1.82. The van der Waals surface area contributed by atoms with E-state index in [-0.39, 0.29) is 42.0 Å². The molecule has 2 aliphatic rings. The van der Waals surface area contributed by atoms with Gasteiger partial charge in [-0.1, -0.05) is 34.1 Å². The molecule has 2 aliphatic carbocycles. The van der Waals surface area contributed by atoms with E-state index in [0.29, 0.717) is 16.5 Å². The van der Waals surface area contributed by atoms with Crippen LogP contribution in [0.2, 0.25) is 0 Å². The van der Waals surface area contributed by atoms with Crippen molar-refractivity contribution in [3.63, 3.8) is 0 Å². The van der Waals surface area contributed by atoms with Crippen LogP contribution in [0.3, 0.4) is 0 Å². The third kappa shape index (κ3) is 5.42. The zero-order valence-electron chi connectivity index (χ0n) is 18.5. The summed E-state index contributed by atoms with van der Waals surface area (Å²) >= 11 is 1.53. The molecule has 0 spiro atoms. The van der Waals surface area contributed by atoms with Crippen LogP contribution in [0.25, 0.3) is 0 Å². The van der Waals surface area contributed by atoms with E-state index in [9.17, 15) is 14.4 Å². The van der Waals surface area contributed by atoms with Crippen LogP contribution in [0, 0.1) is 17.3 Å². The molecule has 0 aliphatic heterocycles. The van der Waals surface area contributed by atoms with Gasteiger partial charge >= 0.3 is 5.97 Å². The first-order chi connectivity index (χ1) is 14.1. The van der Waals surface area contributed by atoms with Gasteiger partial charge in [0.05, 0.1) is 5.56 Å². The minimum Gasteiger partial charge on any atom is -0.481 e. The second-order valence-electron chi connectivity index (χ2n) is 9.69. The summed E-state index contributed by atoms with van der Waals surface area (Å²) in [7, 11) is 0. The fourth-order valence-corrected chi connectivity index (χ4v) is 5.56. The largest absolute Gasteiger partial charge is 0.481 e. The highest BCUT2D eigenvalue weighted by Gasteiger charge is 2.36. The van der Waals surface area contributed by atoms with E-state index in [2.05, 4.69) is 31.4 Å². The van der Waals surface area contributed by atoms with Gasteiger partial charge in [-0.25, -0.2) is 0 Å². The number of carbonyl (C=O) groups is 3. The van der Waals surface area contributed by atoms with Crippen LogP contribution in [-0.2, 0) is 22.4 Å². The average molecular weight is 435 g/mol. The lowest BCUT2D eigenvalue weighted by molar-refractivity contribution is -0.138. The maximum atomic E-state index is 13.0. The van der Waals surface area contributed by atoms with Gasteiger partial charge in [0.25, 0.3) is 5.91 Å². The molecule has 3 N–H and O–H groups in total. The standard InChI is InChI=1S/C23H34N2O4S/c1-5-23(3,4)14-6-9-16-17(12-14)30-22(20(16)21(29)24-15-7-8-15)25-18(26)10-13(2)11-19(27)28/h13-15H,5-12H2,1-4H3,(H,24,29)(H,25,26)(H,27,28)/t13-,14+/m1/s1. The van der Waals surface area contributed by atoms with Crippen molar-refractivity contribution in [1.82, 2.24) is 5.32 Å². The van der Waals surface area contributed by atoms with Crippen LogP contribution in [0.15, 0.2) is 0 Å². The highest BCUT2D eigenvalue weighted by Crippen LogP contribution is 2.45. The number of carbonyl (C=O) groups excluding carboxylic acids is 2. The monoisotopic (exact) mass is 434 g/mol. The second-order valence-corrected chi connectivity index (χ2v) is 10.8. The van der Waals surface area contributed by atoms with E-state index in [1.54, 1.807) is 6.92 Å². The highest BCUT2D eigenvalue weighted by atomic mass is 32.1. The number of carboxylic acids is 1. The van der Waals surface area contributed by atoms with Gasteiger partial charge in [-0.2, -0.15) is 0 Å². The van der Waals surface area contributed by atoms with Gasteiger partial charge in [-0.15, -0.1) is 11.3 Å². The quantitative estimate of drug-likeness (QED) is 0.528. The summed E-state index contributed by atoms with van der Waals surface area (Å²) in [6, 6.07) is 0.252. The Kier molecular flexibility index (Phi) is 6.90. The zero-order valence-corrected chi connectivity index (χ0v) is 19.3. The number of anilines is 1. The van der Waals surface area contributed by atoms with Gasteiger partial charge in [0.2, 0.25) is 5.91 Å². The molecule has 166 valence electrons. The summed E-state index contributed by atoms with van der Waals surface area (Å²) in [5, 5.41) is 15.6. The van der Waals surface area contributed by atoms with Crippen LogP contribution in [0.4, 0.5) is 5.00 Å². The number of thiophene rings is 1. The molecule has 30 heavy (non-hydrogen) atoms. The molecular formula is C23H34N2O4S. The zero-order chi connectivity index (χ0) is 22.1. The Morgan fingerprint density at radius 2 is 1.90 bits per heavy atom. The van der Waals surface area contributed by atoms with Crippen LogP contribution < -0.4 is 10.6 Å². The number of hydrogen-bond acceptors (Lipinski definition) is 4. The number of nitrogens with one attached hydrogen (secondary N) is 2. The van der Waals surface area contributed by atoms with E-state index in [4.69, 9.17) is 5.11 Å². The van der Waals surface area contributed by atoms with Crippen molar-refractivity contribution >= 4 is 34.1 Å². The first-order valence-electron chi connectivity index (χ1n) is 11.1. The molecule has 0 aromatic carbocycles. The van der Waals surface area contributed by atoms with Gasteiger partial charge < -0.3 is 15.7 Å². The molecule has 1 aromatic heterocycles. The van der Waals surface area contributed by atoms with Crippen molar-refractivity contribution in [2.45, 2.75) is 85.1 Å². The lowest BCUT2D eigenvalue weighted by Gasteiger charge is -2.36. The molecule has 2 amide bonds. The minimum atomic E-state index is -0.907. The molecule has 3 rings (SSSR count). The van der Waals surface area contributed by atoms with Gasteiger partial charge in [0.1, 0.15) is 5.00 Å². The van der Waals surface area contributed by atoms with Crippen molar-refractivity contribution in [2.24, 2.45) is 17.3 Å². The van der Waals surface area contributed by atoms with Gasteiger partial charge in [-0.3, -0.25) is 14.4 Å². The Morgan fingerprint density at radius 1 is 1.20 bits per heavy atom. The summed E-state index contributed by atoms with van der Waals surface area (Å²) in [5.41, 5.74) is 1.97. The maximum Gasteiger partial charge on any atom is 0.303 e. The van der Waals surface area contributed by atoms with Crippen molar-refractivity contribution in [1.29, 1.82) is 0 Å². The van der Waals surface area contributed by atoms with E-state index in [1.165, 1.54) is 16.2 Å². The van der Waals surface area contributed by atoms with Gasteiger partial charge in [0, 0.05) is 23.8 Å². The fourth-order valence-electron chi connectivity index (χ4n) is 4.22. The van der Waals surface area contributed by atoms with E-state index < -0.39 is 5.97 Å². The summed E-state index contributed by atoms with van der Waals surface area (Å²) < 4.78 is 0. The second kappa shape index (κ2) is 9.08. The summed E-state index contributed by atoms with van der Waals surface area (Å²) in [4.78, 5) is 37.7. The Morgan fingerprint density at radius 3 is 2.50 bits per heavy atom. The van der Waals surface area contributed by atoms with E-state index in [0.717, 1.165) is 44.1 Å². The lowest BCUT2D eigenvalue weighted by atomic mass is 9.69. The fraction of sp³-hybridized carbons (Fsp3) is 0.696. The van der Waals surface area contributed by atoms with Crippen molar-refractivity contribution in [3.8, 4) is 0 Å². The SMILES string of the molecule is CCC(C)(C)[C@H]1CCc2c(sc(NC(=O)C[C@@H](C)CC(=O)O)c2C(=O)NC2CC2)C1. The molecule has 0 saturated heterocycles. The van der Waals surface area contributed by atoms with Crippen LogP contribution in [-0.4, -0.2) is 28.9 Å². The molecule has 7 heteroatoms. The topological polar surface area (TPSA) is 95.5 Å². The first kappa shape index (κ1) is 22.8. The summed E-state index contributed by atoms with van der Waals surface area (Å²) in [6.07, 6.45) is 6.07.